The van der Waals surface area contributed by atoms with E-state index in [1.807, 2.05) is 17.5 Å². The van der Waals surface area contributed by atoms with Gasteiger partial charge in [-0.3, -0.25) is 4.79 Å². The minimum Gasteiger partial charge on any atom is -0.508 e. The molecule has 0 aliphatic heterocycles. The predicted octanol–water partition coefficient (Wildman–Crippen LogP) is 3.19. The number of carbonyl (C=O) groups is 1. The fourth-order valence-electron chi connectivity index (χ4n) is 1.71. The number of aromatic hydroxyl groups is 1. The third-order valence-corrected chi connectivity index (χ3v) is 3.47. The predicted molar refractivity (Wildman–Crippen MR) is 72.2 cm³/mol. The number of aromatic nitrogens is 1. The molecule has 0 aliphatic carbocycles. The maximum absolute atomic E-state index is 12.0. The third kappa shape index (κ3) is 1.96. The molecular weight excluding hydrogens is 248 g/mol. The SMILES string of the molecule is O=C(Nc1ccc(O)cc1)c1cc2sccc2[nH]1. The number of nitrogens with one attached hydrogen (secondary N) is 2. The Kier molecular flexibility index (Phi) is 2.53. The molecule has 2 aromatic heterocycles. The average molecular weight is 258 g/mol. The van der Waals surface area contributed by atoms with Crippen molar-refractivity contribution in [2.75, 3.05) is 5.32 Å². The summed E-state index contributed by atoms with van der Waals surface area (Å²) in [5.41, 5.74) is 2.15. The lowest BCUT2D eigenvalue weighted by atomic mass is 10.3. The summed E-state index contributed by atoms with van der Waals surface area (Å²) in [4.78, 5) is 15.0. The molecule has 1 aromatic carbocycles. The average Bonchev–Trinajstić information content (AvgIpc) is 2.92. The first-order chi connectivity index (χ1) is 8.72. The number of H-pyrrole nitrogens is 1. The van der Waals surface area contributed by atoms with Crippen molar-refractivity contribution in [3.63, 3.8) is 0 Å². The second-order valence-corrected chi connectivity index (χ2v) is 4.83. The van der Waals surface area contributed by atoms with Crippen LogP contribution >= 0.6 is 11.3 Å². The summed E-state index contributed by atoms with van der Waals surface area (Å²) in [5.74, 6) is -0.0162. The summed E-state index contributed by atoms with van der Waals surface area (Å²) in [6.45, 7) is 0. The van der Waals surface area contributed by atoms with Crippen LogP contribution in [-0.4, -0.2) is 16.0 Å². The zero-order valence-electron chi connectivity index (χ0n) is 9.31. The highest BCUT2D eigenvalue weighted by Gasteiger charge is 2.10. The number of hydrogen-bond donors (Lipinski definition) is 3. The molecule has 90 valence electrons. The maximum Gasteiger partial charge on any atom is 0.272 e. The van der Waals surface area contributed by atoms with Crippen LogP contribution in [0.2, 0.25) is 0 Å². The summed E-state index contributed by atoms with van der Waals surface area (Å²) in [5, 5.41) is 13.9. The number of carbonyl (C=O) groups excluding carboxylic acids is 1. The number of anilines is 1. The molecule has 0 fully saturated rings. The topological polar surface area (TPSA) is 65.1 Å². The van der Waals surface area contributed by atoms with Crippen molar-refractivity contribution in [3.05, 3.63) is 47.5 Å². The first-order valence-electron chi connectivity index (χ1n) is 5.39. The zero-order chi connectivity index (χ0) is 12.5. The van der Waals surface area contributed by atoms with E-state index in [9.17, 15) is 4.79 Å². The van der Waals surface area contributed by atoms with E-state index in [4.69, 9.17) is 5.11 Å². The Morgan fingerprint density at radius 2 is 2.00 bits per heavy atom. The van der Waals surface area contributed by atoms with E-state index in [1.54, 1.807) is 23.5 Å². The van der Waals surface area contributed by atoms with Gasteiger partial charge in [0.1, 0.15) is 11.4 Å². The summed E-state index contributed by atoms with van der Waals surface area (Å²) in [7, 11) is 0. The Hall–Kier alpha value is -2.27. The van der Waals surface area contributed by atoms with E-state index in [1.165, 1.54) is 12.1 Å². The first kappa shape index (κ1) is 10.9. The number of phenols is 1. The Bertz CT molecular complexity index is 669. The van der Waals surface area contributed by atoms with Crippen molar-refractivity contribution >= 4 is 33.1 Å². The minimum atomic E-state index is -0.191. The Morgan fingerprint density at radius 1 is 1.22 bits per heavy atom. The van der Waals surface area contributed by atoms with Gasteiger partial charge in [0.15, 0.2) is 0 Å². The monoisotopic (exact) mass is 258 g/mol. The number of phenolic OH excluding ortho intramolecular Hbond substituents is 1. The molecule has 0 saturated heterocycles. The van der Waals surface area contributed by atoms with Crippen LogP contribution in [0.5, 0.6) is 5.75 Å². The largest absolute Gasteiger partial charge is 0.508 e. The molecule has 0 bridgehead atoms. The van der Waals surface area contributed by atoms with Crippen molar-refractivity contribution in [1.82, 2.24) is 4.98 Å². The number of rotatable bonds is 2. The van der Waals surface area contributed by atoms with Gasteiger partial charge in [-0.15, -0.1) is 11.3 Å². The molecule has 3 aromatic rings. The molecule has 5 heteroatoms. The molecule has 2 heterocycles. The van der Waals surface area contributed by atoms with Gasteiger partial charge in [0.25, 0.3) is 5.91 Å². The summed E-state index contributed by atoms with van der Waals surface area (Å²) in [6, 6.07) is 10.1. The number of amides is 1. The second-order valence-electron chi connectivity index (χ2n) is 3.88. The maximum atomic E-state index is 12.0. The molecular formula is C13H10N2O2S. The quantitative estimate of drug-likeness (QED) is 0.618. The molecule has 3 N–H and O–H groups in total. The van der Waals surface area contributed by atoms with Gasteiger partial charge in [-0.25, -0.2) is 0 Å². The molecule has 0 saturated carbocycles. The highest BCUT2D eigenvalue weighted by molar-refractivity contribution is 7.17. The fourth-order valence-corrected chi connectivity index (χ4v) is 2.50. The second kappa shape index (κ2) is 4.19. The molecule has 0 radical (unpaired) electrons. The van der Waals surface area contributed by atoms with E-state index < -0.39 is 0 Å². The van der Waals surface area contributed by atoms with Gasteiger partial charge < -0.3 is 15.4 Å². The lowest BCUT2D eigenvalue weighted by molar-refractivity contribution is 0.102. The lowest BCUT2D eigenvalue weighted by Crippen LogP contribution is -2.11. The van der Waals surface area contributed by atoms with Gasteiger partial charge in [-0.2, -0.15) is 0 Å². The van der Waals surface area contributed by atoms with Crippen molar-refractivity contribution in [2.45, 2.75) is 0 Å². The van der Waals surface area contributed by atoms with Gasteiger partial charge in [0.05, 0.1) is 10.2 Å². The van der Waals surface area contributed by atoms with Crippen LogP contribution in [-0.2, 0) is 0 Å². The molecule has 1 amide bonds. The Morgan fingerprint density at radius 3 is 2.72 bits per heavy atom. The Labute approximate surface area is 107 Å². The van der Waals surface area contributed by atoms with Crippen LogP contribution in [0.4, 0.5) is 5.69 Å². The van der Waals surface area contributed by atoms with Crippen molar-refractivity contribution in [3.8, 4) is 5.75 Å². The lowest BCUT2D eigenvalue weighted by Gasteiger charge is -2.03. The Balaban J connectivity index is 1.82. The smallest absolute Gasteiger partial charge is 0.272 e. The number of hydrogen-bond acceptors (Lipinski definition) is 3. The van der Waals surface area contributed by atoms with E-state index in [2.05, 4.69) is 10.3 Å². The van der Waals surface area contributed by atoms with Crippen LogP contribution in [0.1, 0.15) is 10.5 Å². The molecule has 0 aliphatic rings. The van der Waals surface area contributed by atoms with E-state index in [-0.39, 0.29) is 11.7 Å². The molecule has 3 rings (SSSR count). The third-order valence-electron chi connectivity index (χ3n) is 2.61. The van der Waals surface area contributed by atoms with E-state index in [0.29, 0.717) is 11.4 Å². The normalized spacial score (nSPS) is 10.7. The van der Waals surface area contributed by atoms with Crippen molar-refractivity contribution in [1.29, 1.82) is 0 Å². The van der Waals surface area contributed by atoms with Crippen LogP contribution in [0, 0.1) is 0 Å². The highest BCUT2D eigenvalue weighted by Crippen LogP contribution is 2.22. The van der Waals surface area contributed by atoms with E-state index >= 15 is 0 Å². The highest BCUT2D eigenvalue weighted by atomic mass is 32.1. The van der Waals surface area contributed by atoms with E-state index in [0.717, 1.165) is 10.2 Å². The summed E-state index contributed by atoms with van der Waals surface area (Å²) < 4.78 is 1.06. The van der Waals surface area contributed by atoms with Crippen LogP contribution in [0.15, 0.2) is 41.8 Å². The van der Waals surface area contributed by atoms with Gasteiger partial charge in [-0.1, -0.05) is 0 Å². The van der Waals surface area contributed by atoms with Gasteiger partial charge in [0, 0.05) is 5.69 Å². The zero-order valence-corrected chi connectivity index (χ0v) is 10.1. The number of thiophene rings is 1. The fraction of sp³-hybridized carbons (Fsp3) is 0. The van der Waals surface area contributed by atoms with Crippen LogP contribution in [0.3, 0.4) is 0 Å². The molecule has 0 unspecified atom stereocenters. The first-order valence-corrected chi connectivity index (χ1v) is 6.27. The van der Waals surface area contributed by atoms with Gasteiger partial charge in [-0.05, 0) is 41.8 Å². The molecule has 0 atom stereocenters. The standard InChI is InChI=1S/C13H10N2O2S/c16-9-3-1-8(2-4-9)14-13(17)11-7-12-10(15-11)5-6-18-12/h1-7,15-16H,(H,14,17). The van der Waals surface area contributed by atoms with Crippen molar-refractivity contribution < 1.29 is 9.90 Å². The molecule has 18 heavy (non-hydrogen) atoms. The van der Waals surface area contributed by atoms with Gasteiger partial charge >= 0.3 is 0 Å². The molecule has 0 spiro atoms. The summed E-state index contributed by atoms with van der Waals surface area (Å²) >= 11 is 1.59. The molecule has 4 nitrogen and oxygen atoms in total. The van der Waals surface area contributed by atoms with Crippen LogP contribution in [0.25, 0.3) is 10.2 Å². The summed E-state index contributed by atoms with van der Waals surface area (Å²) in [6.07, 6.45) is 0. The number of benzene rings is 1. The van der Waals surface area contributed by atoms with Crippen LogP contribution < -0.4 is 5.32 Å². The van der Waals surface area contributed by atoms with Gasteiger partial charge in [0.2, 0.25) is 0 Å². The minimum absolute atomic E-state index is 0.174. The number of fused-ring (bicyclic) bond motifs is 1. The number of aromatic amines is 1. The van der Waals surface area contributed by atoms with Crippen molar-refractivity contribution in [2.24, 2.45) is 0 Å².